The molecule has 0 amide bonds. The van der Waals surface area contributed by atoms with Crippen LogP contribution in [0.1, 0.15) is 16.8 Å². The summed E-state index contributed by atoms with van der Waals surface area (Å²) in [5.41, 5.74) is 1.79. The predicted octanol–water partition coefficient (Wildman–Crippen LogP) is 1.68. The van der Waals surface area contributed by atoms with E-state index in [0.29, 0.717) is 5.56 Å². The zero-order valence-electron chi connectivity index (χ0n) is 8.19. The molecule has 0 aromatic heterocycles. The Labute approximate surface area is 83.3 Å². The van der Waals surface area contributed by atoms with Gasteiger partial charge in [0.2, 0.25) is 0 Å². The van der Waals surface area contributed by atoms with Gasteiger partial charge in [-0.15, -0.1) is 0 Å². The summed E-state index contributed by atoms with van der Waals surface area (Å²) in [6.07, 6.45) is 1.26. The molecule has 1 aromatic carbocycles. The summed E-state index contributed by atoms with van der Waals surface area (Å²) in [6, 6.07) is 7.54. The van der Waals surface area contributed by atoms with Gasteiger partial charge >= 0.3 is 5.97 Å². The first-order valence-corrected chi connectivity index (χ1v) is 4.74. The molecule has 0 bridgehead atoms. The van der Waals surface area contributed by atoms with E-state index in [1.165, 1.54) is 19.2 Å². The van der Waals surface area contributed by atoms with E-state index in [1.807, 2.05) is 12.1 Å². The average molecular weight is 191 g/mol. The van der Waals surface area contributed by atoms with Crippen LogP contribution in [0.25, 0.3) is 0 Å². The Kier molecular flexibility index (Phi) is 2.39. The van der Waals surface area contributed by atoms with Crippen LogP contribution in [-0.2, 0) is 4.74 Å². The van der Waals surface area contributed by atoms with Crippen molar-refractivity contribution in [2.75, 3.05) is 25.1 Å². The van der Waals surface area contributed by atoms with Crippen LogP contribution >= 0.6 is 0 Å². The highest BCUT2D eigenvalue weighted by molar-refractivity contribution is 5.89. The van der Waals surface area contributed by atoms with Crippen molar-refractivity contribution in [3.8, 4) is 0 Å². The third-order valence-corrected chi connectivity index (χ3v) is 2.51. The Morgan fingerprint density at radius 3 is 2.36 bits per heavy atom. The number of benzene rings is 1. The summed E-state index contributed by atoms with van der Waals surface area (Å²) in [7, 11) is 1.39. The predicted molar refractivity (Wildman–Crippen MR) is 54.6 cm³/mol. The molecule has 0 aliphatic carbocycles. The molecule has 14 heavy (non-hydrogen) atoms. The number of hydrogen-bond acceptors (Lipinski definition) is 3. The molecule has 1 aliphatic heterocycles. The van der Waals surface area contributed by atoms with Crippen molar-refractivity contribution in [1.29, 1.82) is 0 Å². The van der Waals surface area contributed by atoms with E-state index < -0.39 is 0 Å². The van der Waals surface area contributed by atoms with Gasteiger partial charge in [-0.1, -0.05) is 0 Å². The van der Waals surface area contributed by atoms with Gasteiger partial charge in [0.15, 0.2) is 0 Å². The molecule has 1 aromatic rings. The number of esters is 1. The molecule has 1 fully saturated rings. The molecule has 3 heteroatoms. The van der Waals surface area contributed by atoms with Crippen molar-refractivity contribution in [3.05, 3.63) is 29.8 Å². The maximum atomic E-state index is 11.1. The molecule has 0 radical (unpaired) electrons. The number of carbonyl (C=O) groups is 1. The van der Waals surface area contributed by atoms with Gasteiger partial charge in [0.1, 0.15) is 0 Å². The minimum Gasteiger partial charge on any atom is -0.465 e. The summed E-state index contributed by atoms with van der Waals surface area (Å²) in [6.45, 7) is 2.25. The fourth-order valence-electron chi connectivity index (χ4n) is 1.50. The third kappa shape index (κ3) is 1.58. The smallest absolute Gasteiger partial charge is 0.337 e. The van der Waals surface area contributed by atoms with Crippen LogP contribution in [-0.4, -0.2) is 26.2 Å². The number of carbonyl (C=O) groups excluding carboxylic acids is 1. The lowest BCUT2D eigenvalue weighted by atomic mass is 10.1. The van der Waals surface area contributed by atoms with E-state index in [0.717, 1.165) is 13.1 Å². The Morgan fingerprint density at radius 2 is 1.93 bits per heavy atom. The van der Waals surface area contributed by atoms with Gasteiger partial charge in [-0.3, -0.25) is 0 Å². The molecule has 1 aliphatic rings. The van der Waals surface area contributed by atoms with Gasteiger partial charge in [-0.2, -0.15) is 0 Å². The SMILES string of the molecule is COC(=O)c1ccc(N2CCC2)cc1. The first kappa shape index (κ1) is 9.06. The van der Waals surface area contributed by atoms with Crippen molar-refractivity contribution in [2.24, 2.45) is 0 Å². The molecule has 74 valence electrons. The Hall–Kier alpha value is -1.51. The molecular weight excluding hydrogens is 178 g/mol. The molecule has 0 N–H and O–H groups in total. The quantitative estimate of drug-likeness (QED) is 0.666. The number of rotatable bonds is 2. The van der Waals surface area contributed by atoms with Gasteiger partial charge in [-0.05, 0) is 30.7 Å². The monoisotopic (exact) mass is 191 g/mol. The second-order valence-electron chi connectivity index (χ2n) is 3.38. The minimum atomic E-state index is -0.278. The van der Waals surface area contributed by atoms with E-state index in [1.54, 1.807) is 12.1 Å². The van der Waals surface area contributed by atoms with Gasteiger partial charge in [0, 0.05) is 18.8 Å². The maximum Gasteiger partial charge on any atom is 0.337 e. The maximum absolute atomic E-state index is 11.1. The number of methoxy groups -OCH3 is 1. The van der Waals surface area contributed by atoms with Crippen LogP contribution in [0.4, 0.5) is 5.69 Å². The van der Waals surface area contributed by atoms with Crippen molar-refractivity contribution >= 4 is 11.7 Å². The molecule has 2 rings (SSSR count). The highest BCUT2D eigenvalue weighted by atomic mass is 16.5. The third-order valence-electron chi connectivity index (χ3n) is 2.51. The van der Waals surface area contributed by atoms with Crippen molar-refractivity contribution in [2.45, 2.75) is 6.42 Å². The van der Waals surface area contributed by atoms with E-state index in [2.05, 4.69) is 9.64 Å². The molecule has 3 nitrogen and oxygen atoms in total. The fourth-order valence-corrected chi connectivity index (χ4v) is 1.50. The molecule has 0 unspecified atom stereocenters. The standard InChI is InChI=1S/C11H13NO2/c1-14-11(13)9-3-5-10(6-4-9)12-7-2-8-12/h3-6H,2,7-8H2,1H3. The summed E-state index contributed by atoms with van der Waals surface area (Å²) >= 11 is 0. The number of nitrogens with zero attached hydrogens (tertiary/aromatic N) is 1. The molecular formula is C11H13NO2. The fraction of sp³-hybridized carbons (Fsp3) is 0.364. The van der Waals surface area contributed by atoms with Crippen LogP contribution in [0.3, 0.4) is 0 Å². The Bertz CT molecular complexity index is 328. The normalized spacial score (nSPS) is 14.8. The Balaban J connectivity index is 2.13. The molecule has 0 spiro atoms. The Morgan fingerprint density at radius 1 is 1.29 bits per heavy atom. The topological polar surface area (TPSA) is 29.5 Å². The summed E-state index contributed by atoms with van der Waals surface area (Å²) < 4.78 is 4.62. The van der Waals surface area contributed by atoms with Crippen molar-refractivity contribution in [1.82, 2.24) is 0 Å². The zero-order chi connectivity index (χ0) is 9.97. The molecule has 0 atom stereocenters. The highest BCUT2D eigenvalue weighted by Gasteiger charge is 2.14. The second-order valence-corrected chi connectivity index (χ2v) is 3.38. The first-order chi connectivity index (χ1) is 6.81. The molecule has 1 heterocycles. The average Bonchev–Trinajstić information content (AvgIpc) is 2.15. The summed E-state index contributed by atoms with van der Waals surface area (Å²) in [5, 5.41) is 0. The van der Waals surface area contributed by atoms with E-state index in [-0.39, 0.29) is 5.97 Å². The van der Waals surface area contributed by atoms with Gasteiger partial charge in [-0.25, -0.2) is 4.79 Å². The number of hydrogen-bond donors (Lipinski definition) is 0. The lowest BCUT2D eigenvalue weighted by Crippen LogP contribution is -2.36. The lowest BCUT2D eigenvalue weighted by Gasteiger charge is -2.33. The lowest BCUT2D eigenvalue weighted by molar-refractivity contribution is 0.0601. The van der Waals surface area contributed by atoms with E-state index in [4.69, 9.17) is 0 Å². The van der Waals surface area contributed by atoms with Crippen LogP contribution in [0, 0.1) is 0 Å². The zero-order valence-corrected chi connectivity index (χ0v) is 8.19. The first-order valence-electron chi connectivity index (χ1n) is 4.74. The van der Waals surface area contributed by atoms with Crippen LogP contribution in [0.5, 0.6) is 0 Å². The van der Waals surface area contributed by atoms with Crippen molar-refractivity contribution in [3.63, 3.8) is 0 Å². The van der Waals surface area contributed by atoms with Gasteiger partial charge in [0.05, 0.1) is 12.7 Å². The van der Waals surface area contributed by atoms with E-state index >= 15 is 0 Å². The number of ether oxygens (including phenoxy) is 1. The highest BCUT2D eigenvalue weighted by Crippen LogP contribution is 2.20. The second kappa shape index (κ2) is 3.70. The van der Waals surface area contributed by atoms with Crippen molar-refractivity contribution < 1.29 is 9.53 Å². The van der Waals surface area contributed by atoms with Gasteiger partial charge < -0.3 is 9.64 Å². The largest absolute Gasteiger partial charge is 0.465 e. The summed E-state index contributed by atoms with van der Waals surface area (Å²) in [5.74, 6) is -0.278. The number of anilines is 1. The van der Waals surface area contributed by atoms with E-state index in [9.17, 15) is 4.79 Å². The van der Waals surface area contributed by atoms with Crippen LogP contribution in [0.15, 0.2) is 24.3 Å². The van der Waals surface area contributed by atoms with Gasteiger partial charge in [0.25, 0.3) is 0 Å². The molecule has 1 saturated heterocycles. The van der Waals surface area contributed by atoms with Crippen LogP contribution < -0.4 is 4.90 Å². The van der Waals surface area contributed by atoms with Crippen LogP contribution in [0.2, 0.25) is 0 Å². The molecule has 0 saturated carbocycles. The summed E-state index contributed by atoms with van der Waals surface area (Å²) in [4.78, 5) is 13.4. The minimum absolute atomic E-state index is 0.278.